The lowest BCUT2D eigenvalue weighted by atomic mass is 10.1. The molecule has 0 amide bonds. The number of nitrogens with zero attached hydrogens (tertiary/aromatic N) is 11. The van der Waals surface area contributed by atoms with Gasteiger partial charge in [-0.25, -0.2) is 4.98 Å². The summed E-state index contributed by atoms with van der Waals surface area (Å²) in [6, 6.07) is 89.9. The third-order valence-corrected chi connectivity index (χ3v) is 26.6. The van der Waals surface area contributed by atoms with Crippen molar-refractivity contribution in [2.75, 3.05) is 58.2 Å². The van der Waals surface area contributed by atoms with Crippen LogP contribution < -0.4 is 44.1 Å². The van der Waals surface area contributed by atoms with Crippen molar-refractivity contribution in [1.82, 2.24) is 9.88 Å². The predicted octanol–water partition coefficient (Wildman–Crippen LogP) is 29.5. The van der Waals surface area contributed by atoms with Gasteiger partial charge < -0.3 is 71.1 Å². The second-order valence-electron chi connectivity index (χ2n) is 34.9. The Morgan fingerprint density at radius 3 is 0.890 bits per heavy atom. The van der Waals surface area contributed by atoms with Crippen LogP contribution in [0.25, 0.3) is 110 Å². The number of benzene rings is 13. The molecule has 16 nitrogen and oxygen atoms in total. The van der Waals surface area contributed by atoms with E-state index >= 15 is 0 Å². The van der Waals surface area contributed by atoms with Crippen molar-refractivity contribution in [2.24, 2.45) is 0 Å². The van der Waals surface area contributed by atoms with E-state index in [4.69, 9.17) is 26.2 Å². The van der Waals surface area contributed by atoms with Gasteiger partial charge in [-0.15, -0.1) is 0 Å². The highest BCUT2D eigenvalue weighted by molar-refractivity contribution is 6.16. The van der Waals surface area contributed by atoms with E-state index in [0.29, 0.717) is 0 Å². The highest BCUT2D eigenvalue weighted by Crippen LogP contribution is 2.55. The molecule has 24 rings (SSSR count). The Bertz CT molecular complexity index is 7300. The number of hydrogen-bond donors (Lipinski definition) is 0. The van der Waals surface area contributed by atoms with Gasteiger partial charge >= 0.3 is 0 Å². The van der Waals surface area contributed by atoms with Gasteiger partial charge in [-0.2, -0.15) is 0 Å². The molecule has 0 radical (unpaired) electrons. The monoisotopic (exact) mass is 1680 g/mol. The topological polar surface area (TPSA) is 111 Å². The molecule has 0 fully saturated rings. The highest BCUT2D eigenvalue weighted by atomic mass is 16.3. The minimum atomic E-state index is -0.736. The number of pyridine rings is 1. The number of hydrogen-bond acceptors (Lipinski definition) is 16. The van der Waals surface area contributed by atoms with Crippen molar-refractivity contribution in [1.29, 1.82) is 0 Å². The number of para-hydroxylation sites is 11. The van der Waals surface area contributed by atoms with Crippen LogP contribution >= 0.6 is 0 Å². The molecule has 0 spiro atoms. The van der Waals surface area contributed by atoms with Crippen LogP contribution in [-0.2, 0) is 0 Å². The smallest absolute Gasteiger partial charge is 0.159 e. The zero-order chi connectivity index (χ0) is 90.6. The lowest BCUT2D eigenvalue weighted by molar-refractivity contribution is 0.263. The molecule has 6 aromatic heterocycles. The van der Waals surface area contributed by atoms with Crippen LogP contribution in [0.2, 0.25) is 0 Å². The maximum absolute atomic E-state index is 8.72. The average molecular weight is 1680 g/mol. The van der Waals surface area contributed by atoms with E-state index in [1.807, 2.05) is 144 Å². The predicted molar refractivity (Wildman–Crippen MR) is 532 cm³/mol. The van der Waals surface area contributed by atoms with Crippen molar-refractivity contribution in [2.45, 2.75) is 160 Å². The molecule has 11 heterocycles. The van der Waals surface area contributed by atoms with E-state index in [-0.39, 0.29) is 30.8 Å². The van der Waals surface area contributed by atoms with E-state index in [9.17, 15) is 0 Å². The molecule has 638 valence electrons. The summed E-state index contributed by atoms with van der Waals surface area (Å²) in [6.45, 7) is 33.1. The summed E-state index contributed by atoms with van der Waals surface area (Å²) >= 11 is 0. The van der Waals surface area contributed by atoms with Gasteiger partial charge in [0.15, 0.2) is 33.7 Å². The summed E-state index contributed by atoms with van der Waals surface area (Å²) in [5.41, 5.74) is 28.7. The Balaban J connectivity index is 0.000000102. The molecule has 19 aromatic rings. The fraction of sp³-hybridized carbons (Fsp3) is 0.234. The van der Waals surface area contributed by atoms with Gasteiger partial charge in [0.1, 0.15) is 58.7 Å². The Labute approximate surface area is 746 Å². The number of anilines is 13. The van der Waals surface area contributed by atoms with Crippen molar-refractivity contribution in [3.8, 4) is 0 Å². The van der Waals surface area contributed by atoms with E-state index in [1.54, 1.807) is 0 Å². The minimum Gasteiger partial charge on any atom is -0.454 e. The van der Waals surface area contributed by atoms with Gasteiger partial charge in [0.05, 0.1) is 72.4 Å². The molecule has 5 aliphatic rings. The van der Waals surface area contributed by atoms with Crippen molar-refractivity contribution in [3.63, 3.8) is 0 Å². The normalized spacial score (nSPS) is 17.6. The summed E-state index contributed by atoms with van der Waals surface area (Å²) in [5.74, 6) is 0.980. The fourth-order valence-corrected chi connectivity index (χ4v) is 20.4. The number of furan rings is 5. The minimum absolute atomic E-state index is 0.00223. The Morgan fingerprint density at radius 1 is 0.268 bits per heavy atom. The van der Waals surface area contributed by atoms with Crippen molar-refractivity contribution >= 4 is 184 Å². The molecule has 5 atom stereocenters. The van der Waals surface area contributed by atoms with Crippen molar-refractivity contribution in [3.05, 3.63) is 313 Å². The largest absolute Gasteiger partial charge is 0.454 e. The number of aryl methyl sites for hydroxylation is 5. The van der Waals surface area contributed by atoms with E-state index in [1.165, 1.54) is 38.8 Å². The van der Waals surface area contributed by atoms with Crippen LogP contribution in [0, 0.1) is 34.6 Å². The molecule has 5 aliphatic heterocycles. The SMILES string of the molecule is Cc1ccc2c(oc3ccccc32)c1N1c2ccccc2N(C)C1C.Cc1ccc2c(oc3ccccc32)c1N1c2ncccc2N(C)C1C.[2H]C(C)(C)N1C=CN(c2c(C)ccc3c2oc2ccccc23)C1C.[2H]C(C)(C)N1c2ccccc2N(c2c(C)ccc3c2oc2ccccc23)C1C.[2H]C(C)(C)N1c2ccccc2N(c2c(C)ccc3c2oc2ccccc23)C1C. The first-order valence-corrected chi connectivity index (χ1v) is 44.2. The summed E-state index contributed by atoms with van der Waals surface area (Å²) < 4.78 is 57.3. The van der Waals surface area contributed by atoms with Crippen LogP contribution in [0.4, 0.5) is 74.1 Å². The molecule has 0 aliphatic carbocycles. The van der Waals surface area contributed by atoms with Gasteiger partial charge in [-0.3, -0.25) is 0 Å². The number of rotatable bonds is 8. The highest BCUT2D eigenvalue weighted by Gasteiger charge is 2.42. The molecular formula is C111H109N11O5. The van der Waals surface area contributed by atoms with Gasteiger partial charge in [0.2, 0.25) is 0 Å². The zero-order valence-corrected chi connectivity index (χ0v) is 75.5. The maximum Gasteiger partial charge on any atom is 0.159 e. The Morgan fingerprint density at radius 2 is 0.543 bits per heavy atom. The van der Waals surface area contributed by atoms with Gasteiger partial charge in [-0.1, -0.05) is 188 Å². The van der Waals surface area contributed by atoms with Crippen LogP contribution in [0.5, 0.6) is 0 Å². The van der Waals surface area contributed by atoms with Crippen LogP contribution in [0.1, 0.15) is 108 Å². The van der Waals surface area contributed by atoms with E-state index in [2.05, 4.69) is 321 Å². The quantitative estimate of drug-likeness (QED) is 0.144. The van der Waals surface area contributed by atoms with Gasteiger partial charge in [-0.05, 0) is 217 Å². The number of aromatic nitrogens is 1. The fourth-order valence-electron chi connectivity index (χ4n) is 20.4. The first-order valence-electron chi connectivity index (χ1n) is 45.7. The summed E-state index contributed by atoms with van der Waals surface area (Å²) in [4.78, 5) is 27.2. The third-order valence-electron chi connectivity index (χ3n) is 26.6. The first-order chi connectivity index (χ1) is 62.5. The Kier molecular flexibility index (Phi) is 19.6. The lowest BCUT2D eigenvalue weighted by Gasteiger charge is -2.33. The molecule has 0 bridgehead atoms. The second kappa shape index (κ2) is 32.1. The summed E-state index contributed by atoms with van der Waals surface area (Å²) in [5, 5.41) is 11.5. The van der Waals surface area contributed by atoms with Crippen molar-refractivity contribution < 1.29 is 26.2 Å². The summed E-state index contributed by atoms with van der Waals surface area (Å²) in [7, 11) is 4.26. The van der Waals surface area contributed by atoms with Crippen LogP contribution in [-0.4, -0.2) is 72.9 Å². The standard InChI is InChI=1S/2C24H24N2O.C22H20N2O.C21H19N3O.C20H22N2O/c2*1-15(2)25-17(4)26(21-11-7-6-10-20(21)25)23-16(3)13-14-19-18-9-5-8-12-22(18)27-24(19)23;1-14-12-13-17-16-8-4-7-11-20(16)25-22(17)21(14)24-15(2)23(3)18-9-5-6-10-19(18)24;1-13-10-11-16-15-7-4-5-9-18(15)25-20(16)19(13)24-14(2)23(3)17-8-6-12-22-21(17)24;1-13(2)21-11-12-22(15(21)4)19-14(3)9-10-17-16-7-5-6-8-18(16)23-20(17)19/h2*5-15,17H,1-4H3;4-13,15H,1-3H3;4-12,14H,1-3H3;5-13,15H,1-4H3/i2*15D;;;13D. The zero-order valence-electron chi connectivity index (χ0n) is 78.5. The molecular weight excluding hydrogens is 1570 g/mol. The van der Waals surface area contributed by atoms with Crippen LogP contribution in [0.3, 0.4) is 0 Å². The van der Waals surface area contributed by atoms with E-state index < -0.39 is 18.1 Å². The van der Waals surface area contributed by atoms with Gasteiger partial charge in [0, 0.05) is 105 Å². The van der Waals surface area contributed by atoms with E-state index in [0.717, 1.165) is 173 Å². The molecule has 5 unspecified atom stereocenters. The average Bonchev–Trinajstić information content (AvgIpc) is 1.57. The third kappa shape index (κ3) is 13.2. The molecule has 127 heavy (non-hydrogen) atoms. The maximum atomic E-state index is 8.72. The number of fused-ring (bicyclic) bond motifs is 19. The Hall–Kier alpha value is -14.3. The second-order valence-corrected chi connectivity index (χ2v) is 34.9. The molecule has 0 N–H and O–H groups in total. The van der Waals surface area contributed by atoms with Gasteiger partial charge in [0.25, 0.3) is 0 Å². The first kappa shape index (κ1) is 77.5. The molecule has 0 saturated carbocycles. The van der Waals surface area contributed by atoms with Crippen LogP contribution in [0.15, 0.2) is 308 Å². The molecule has 13 aromatic carbocycles. The molecule has 0 saturated heterocycles. The lowest BCUT2D eigenvalue weighted by Crippen LogP contribution is -2.42. The molecule has 16 heteroatoms. The summed E-state index contributed by atoms with van der Waals surface area (Å²) in [6.07, 6.45) is 6.37.